The van der Waals surface area contributed by atoms with Crippen LogP contribution < -0.4 is 4.57 Å². The van der Waals surface area contributed by atoms with Crippen molar-refractivity contribution in [1.29, 1.82) is 0 Å². The lowest BCUT2D eigenvalue weighted by Crippen LogP contribution is -2.37. The molecule has 1 nitrogen and oxygen atoms in total. The van der Waals surface area contributed by atoms with Crippen LogP contribution in [0.1, 0.15) is 212 Å². The third-order valence-corrected chi connectivity index (χ3v) is 9.07. The average molecular weight is 557 g/mol. The van der Waals surface area contributed by atoms with E-state index in [0.717, 1.165) is 0 Å². The van der Waals surface area contributed by atoms with Gasteiger partial charge in [-0.15, -0.1) is 0 Å². The molecule has 1 rings (SSSR count). The minimum atomic E-state index is 1.22. The highest BCUT2D eigenvalue weighted by molar-refractivity contribution is 4.97. The summed E-state index contributed by atoms with van der Waals surface area (Å²) in [7, 11) is 0. The van der Waals surface area contributed by atoms with E-state index >= 15 is 0 Å². The molecule has 0 spiro atoms. The van der Waals surface area contributed by atoms with E-state index in [2.05, 4.69) is 42.8 Å². The smallest absolute Gasteiger partial charge is 0.181 e. The maximum absolute atomic E-state index is 2.55. The topological polar surface area (TPSA) is 3.88 Å². The van der Waals surface area contributed by atoms with Crippen LogP contribution in [-0.2, 0) is 13.0 Å². The van der Waals surface area contributed by atoms with Crippen molar-refractivity contribution in [3.63, 3.8) is 0 Å². The van der Waals surface area contributed by atoms with E-state index < -0.39 is 0 Å². The summed E-state index contributed by atoms with van der Waals surface area (Å²) in [5.41, 5.74) is 1.56. The van der Waals surface area contributed by atoms with Gasteiger partial charge in [-0.25, -0.2) is 4.57 Å². The molecule has 234 valence electrons. The van der Waals surface area contributed by atoms with Gasteiger partial charge in [0.1, 0.15) is 6.54 Å². The Hall–Kier alpha value is -0.850. The molecule has 0 atom stereocenters. The molecule has 40 heavy (non-hydrogen) atoms. The summed E-state index contributed by atoms with van der Waals surface area (Å²) in [4.78, 5) is 0. The van der Waals surface area contributed by atoms with Crippen LogP contribution in [0.15, 0.2) is 24.4 Å². The highest BCUT2D eigenvalue weighted by Gasteiger charge is 2.09. The highest BCUT2D eigenvalue weighted by Crippen LogP contribution is 2.15. The molecule has 0 N–H and O–H groups in total. The van der Waals surface area contributed by atoms with Gasteiger partial charge in [0.15, 0.2) is 11.9 Å². The van der Waals surface area contributed by atoms with Gasteiger partial charge in [0.2, 0.25) is 0 Å². The van der Waals surface area contributed by atoms with Crippen molar-refractivity contribution in [2.45, 2.75) is 219 Å². The van der Waals surface area contributed by atoms with Crippen molar-refractivity contribution in [3.8, 4) is 0 Å². The van der Waals surface area contributed by atoms with Gasteiger partial charge in [0.25, 0.3) is 0 Å². The van der Waals surface area contributed by atoms with Crippen LogP contribution >= 0.6 is 0 Å². The molecule has 0 aromatic carbocycles. The van der Waals surface area contributed by atoms with E-state index in [-0.39, 0.29) is 0 Å². The van der Waals surface area contributed by atoms with Crippen LogP contribution in [0, 0.1) is 0 Å². The maximum Gasteiger partial charge on any atom is 0.181 e. The number of unbranched alkanes of at least 4 members (excludes halogenated alkanes) is 28. The fourth-order valence-corrected chi connectivity index (χ4v) is 6.29. The molecule has 0 aliphatic rings. The molecule has 0 fully saturated rings. The number of aryl methyl sites for hydroxylation is 2. The fraction of sp³-hybridized carbons (Fsp3) is 0.872. The van der Waals surface area contributed by atoms with Crippen molar-refractivity contribution < 1.29 is 4.57 Å². The normalized spacial score (nSPS) is 11.4. The summed E-state index contributed by atoms with van der Waals surface area (Å²) < 4.78 is 2.55. The van der Waals surface area contributed by atoms with E-state index in [4.69, 9.17) is 0 Å². The Labute approximate surface area is 253 Å². The Morgan fingerprint density at radius 1 is 0.375 bits per heavy atom. The molecule has 1 aromatic rings. The Morgan fingerprint density at radius 3 is 1.07 bits per heavy atom. The van der Waals surface area contributed by atoms with Crippen molar-refractivity contribution in [2.24, 2.45) is 0 Å². The lowest BCUT2D eigenvalue weighted by molar-refractivity contribution is -0.704. The molecule has 0 saturated carbocycles. The van der Waals surface area contributed by atoms with Crippen LogP contribution in [0.2, 0.25) is 0 Å². The molecule has 1 aromatic heterocycles. The number of hydrogen-bond acceptors (Lipinski definition) is 0. The van der Waals surface area contributed by atoms with E-state index in [1.54, 1.807) is 5.69 Å². The molecule has 0 aliphatic heterocycles. The molecular formula is C39H74N+. The molecule has 0 unspecified atom stereocenters. The molecule has 0 amide bonds. The van der Waals surface area contributed by atoms with E-state index in [9.17, 15) is 0 Å². The first-order chi connectivity index (χ1) is 19.9. The zero-order chi connectivity index (χ0) is 28.6. The molecule has 0 aliphatic carbocycles. The maximum atomic E-state index is 2.55. The van der Waals surface area contributed by atoms with Gasteiger partial charge in [-0.1, -0.05) is 193 Å². The Balaban J connectivity index is 1.90. The number of nitrogens with zero attached hydrogens (tertiary/aromatic N) is 1. The van der Waals surface area contributed by atoms with Crippen molar-refractivity contribution >= 4 is 0 Å². The first kappa shape index (κ1) is 37.2. The summed E-state index contributed by atoms with van der Waals surface area (Å²) in [5.74, 6) is 0. The number of hydrogen-bond donors (Lipinski definition) is 0. The van der Waals surface area contributed by atoms with Gasteiger partial charge < -0.3 is 0 Å². The number of pyridine rings is 1. The second-order valence-electron chi connectivity index (χ2n) is 13.0. The van der Waals surface area contributed by atoms with Crippen LogP contribution in [0.5, 0.6) is 0 Å². The van der Waals surface area contributed by atoms with Crippen LogP contribution in [-0.4, -0.2) is 0 Å². The highest BCUT2D eigenvalue weighted by atomic mass is 14.9. The SMILES string of the molecule is CCCCCCCCCCCCCCCCCCc1cccc[n+]1CCCCCCCCCCCCCCCC. The minimum Gasteiger partial charge on any atom is -0.202 e. The van der Waals surface area contributed by atoms with Crippen molar-refractivity contribution in [3.05, 3.63) is 30.1 Å². The molecular weight excluding hydrogens is 482 g/mol. The van der Waals surface area contributed by atoms with Gasteiger partial charge in [-0.3, -0.25) is 0 Å². The van der Waals surface area contributed by atoms with Crippen LogP contribution in [0.3, 0.4) is 0 Å². The first-order valence-electron chi connectivity index (χ1n) is 18.9. The Bertz CT molecular complexity index is 609. The second-order valence-corrected chi connectivity index (χ2v) is 13.0. The largest absolute Gasteiger partial charge is 0.202 e. The Morgan fingerprint density at radius 2 is 0.700 bits per heavy atom. The lowest BCUT2D eigenvalue weighted by atomic mass is 10.0. The monoisotopic (exact) mass is 557 g/mol. The van der Waals surface area contributed by atoms with E-state index in [1.165, 1.54) is 206 Å². The first-order valence-corrected chi connectivity index (χ1v) is 18.9. The van der Waals surface area contributed by atoms with Gasteiger partial charge >= 0.3 is 0 Å². The Kier molecular flexibility index (Phi) is 28.9. The van der Waals surface area contributed by atoms with Crippen LogP contribution in [0.25, 0.3) is 0 Å². The average Bonchev–Trinajstić information content (AvgIpc) is 2.97. The van der Waals surface area contributed by atoms with Crippen molar-refractivity contribution in [1.82, 2.24) is 0 Å². The predicted octanol–water partition coefficient (Wildman–Crippen LogP) is 13.3. The summed E-state index contributed by atoms with van der Waals surface area (Å²) in [6, 6.07) is 6.83. The third-order valence-electron chi connectivity index (χ3n) is 9.07. The minimum absolute atomic E-state index is 1.22. The summed E-state index contributed by atoms with van der Waals surface area (Å²) in [6.45, 7) is 5.83. The quantitative estimate of drug-likeness (QED) is 0.0613. The van der Waals surface area contributed by atoms with Gasteiger partial charge in [-0.05, 0) is 12.8 Å². The zero-order valence-corrected chi connectivity index (χ0v) is 27.9. The van der Waals surface area contributed by atoms with Crippen molar-refractivity contribution in [2.75, 3.05) is 0 Å². The van der Waals surface area contributed by atoms with Crippen LogP contribution in [0.4, 0.5) is 0 Å². The molecule has 0 bridgehead atoms. The fourth-order valence-electron chi connectivity index (χ4n) is 6.29. The lowest BCUT2D eigenvalue weighted by Gasteiger charge is -2.06. The summed E-state index contributed by atoms with van der Waals surface area (Å²) >= 11 is 0. The van der Waals surface area contributed by atoms with E-state index in [1.807, 2.05) is 0 Å². The van der Waals surface area contributed by atoms with E-state index in [0.29, 0.717) is 0 Å². The van der Waals surface area contributed by atoms with Gasteiger partial charge in [0.05, 0.1) is 0 Å². The second kappa shape index (κ2) is 31.1. The third kappa shape index (κ3) is 24.9. The van der Waals surface area contributed by atoms with Gasteiger partial charge in [-0.2, -0.15) is 0 Å². The molecule has 1 heterocycles. The number of rotatable bonds is 32. The zero-order valence-electron chi connectivity index (χ0n) is 27.9. The molecule has 1 heteroatoms. The summed E-state index contributed by atoms with van der Waals surface area (Å²) in [6.07, 6.45) is 46.9. The molecule has 0 radical (unpaired) electrons. The van der Waals surface area contributed by atoms with Gasteiger partial charge in [0, 0.05) is 25.0 Å². The predicted molar refractivity (Wildman–Crippen MR) is 180 cm³/mol. The summed E-state index contributed by atoms with van der Waals surface area (Å²) in [5, 5.41) is 0. The number of aromatic nitrogens is 1. The standard InChI is InChI=1S/C39H74N/c1-3-5-7-9-11-13-15-17-19-20-21-23-25-27-29-31-35-39-36-32-34-38-40(39)37-33-30-28-26-24-22-18-16-14-12-10-8-6-4-2/h32,34,36,38H,3-31,33,35,37H2,1-2H3/q+1. The molecule has 0 saturated heterocycles.